The van der Waals surface area contributed by atoms with Crippen LogP contribution in [0.5, 0.6) is 0 Å². The quantitative estimate of drug-likeness (QED) is 0.904. The number of hydrogen-bond donors (Lipinski definition) is 1. The molecule has 0 saturated carbocycles. The molecule has 0 aliphatic heterocycles. The summed E-state index contributed by atoms with van der Waals surface area (Å²) in [7, 11) is 1.97. The van der Waals surface area contributed by atoms with Crippen molar-refractivity contribution in [2.45, 2.75) is 26.4 Å². The zero-order valence-corrected chi connectivity index (χ0v) is 13.3. The van der Waals surface area contributed by atoms with Crippen LogP contribution in [-0.2, 0) is 6.54 Å². The summed E-state index contributed by atoms with van der Waals surface area (Å²) >= 11 is 6.01. The fourth-order valence-electron chi connectivity index (χ4n) is 2.37. The van der Waals surface area contributed by atoms with Crippen molar-refractivity contribution in [3.05, 3.63) is 63.9 Å². The molecule has 2 aromatic rings. The number of anilines is 1. The highest BCUT2D eigenvalue weighted by Gasteiger charge is 2.14. The molecule has 21 heavy (non-hydrogen) atoms. The molecule has 0 unspecified atom stereocenters. The van der Waals surface area contributed by atoms with Gasteiger partial charge >= 0.3 is 0 Å². The minimum absolute atomic E-state index is 0.220. The summed E-state index contributed by atoms with van der Waals surface area (Å²) in [5.74, 6) is -0.220. The highest BCUT2D eigenvalue weighted by atomic mass is 35.5. The van der Waals surface area contributed by atoms with Crippen molar-refractivity contribution in [3.63, 3.8) is 0 Å². The van der Waals surface area contributed by atoms with E-state index in [4.69, 9.17) is 17.3 Å². The Labute approximate surface area is 130 Å². The van der Waals surface area contributed by atoms with E-state index in [0.717, 1.165) is 16.8 Å². The predicted molar refractivity (Wildman–Crippen MR) is 87.3 cm³/mol. The minimum Gasteiger partial charge on any atom is -0.370 e. The molecule has 0 saturated heterocycles. The molecule has 2 aromatic carbocycles. The Kier molecular flexibility index (Phi) is 4.86. The first-order chi connectivity index (χ1) is 9.88. The van der Waals surface area contributed by atoms with E-state index in [1.807, 2.05) is 44.3 Å². The van der Waals surface area contributed by atoms with E-state index in [-0.39, 0.29) is 11.9 Å². The standard InChI is InChI=1S/C17H20ClFN2/c1-11-7-17(15(12(2)20)9-16(11)19)21(3)10-13-5-4-6-14(18)8-13/h4-9,12H,10,20H2,1-3H3/t12-/m1/s1. The lowest BCUT2D eigenvalue weighted by molar-refractivity contribution is 0.612. The molecule has 1 atom stereocenters. The second-order valence-electron chi connectivity index (χ2n) is 5.43. The Hall–Kier alpha value is -1.58. The zero-order chi connectivity index (χ0) is 15.6. The van der Waals surface area contributed by atoms with Crippen molar-refractivity contribution in [2.75, 3.05) is 11.9 Å². The van der Waals surface area contributed by atoms with Crippen LogP contribution in [0.25, 0.3) is 0 Å². The SMILES string of the molecule is Cc1cc(N(C)Cc2cccc(Cl)c2)c([C@@H](C)N)cc1F. The summed E-state index contributed by atoms with van der Waals surface area (Å²) in [6.07, 6.45) is 0. The number of hydrogen-bond acceptors (Lipinski definition) is 2. The van der Waals surface area contributed by atoms with Crippen LogP contribution in [0.3, 0.4) is 0 Å². The van der Waals surface area contributed by atoms with Gasteiger partial charge in [0, 0.05) is 30.3 Å². The van der Waals surface area contributed by atoms with Gasteiger partial charge in [-0.15, -0.1) is 0 Å². The lowest BCUT2D eigenvalue weighted by atomic mass is 10.0. The zero-order valence-electron chi connectivity index (χ0n) is 12.5. The number of rotatable bonds is 4. The lowest BCUT2D eigenvalue weighted by Crippen LogP contribution is -2.20. The van der Waals surface area contributed by atoms with E-state index in [1.165, 1.54) is 6.07 Å². The summed E-state index contributed by atoms with van der Waals surface area (Å²) < 4.78 is 13.8. The molecule has 0 aliphatic rings. The van der Waals surface area contributed by atoms with E-state index < -0.39 is 0 Å². The molecule has 0 radical (unpaired) electrons. The molecular weight excluding hydrogens is 287 g/mol. The lowest BCUT2D eigenvalue weighted by Gasteiger charge is -2.25. The minimum atomic E-state index is -0.225. The van der Waals surface area contributed by atoms with Gasteiger partial charge in [0.2, 0.25) is 0 Å². The maximum Gasteiger partial charge on any atom is 0.126 e. The number of nitrogens with zero attached hydrogens (tertiary/aromatic N) is 1. The average molecular weight is 307 g/mol. The molecule has 2 N–H and O–H groups in total. The highest BCUT2D eigenvalue weighted by Crippen LogP contribution is 2.29. The largest absolute Gasteiger partial charge is 0.370 e. The Balaban J connectivity index is 2.34. The maximum absolute atomic E-state index is 13.8. The molecule has 0 aromatic heterocycles. The molecule has 0 amide bonds. The van der Waals surface area contributed by atoms with Gasteiger partial charge in [0.1, 0.15) is 5.82 Å². The van der Waals surface area contributed by atoms with E-state index in [0.29, 0.717) is 17.1 Å². The Morgan fingerprint density at radius 2 is 2.00 bits per heavy atom. The van der Waals surface area contributed by atoms with Crippen LogP contribution in [-0.4, -0.2) is 7.05 Å². The first-order valence-electron chi connectivity index (χ1n) is 6.89. The van der Waals surface area contributed by atoms with Crippen molar-refractivity contribution in [2.24, 2.45) is 5.73 Å². The third-order valence-corrected chi connectivity index (χ3v) is 3.75. The predicted octanol–water partition coefficient (Wildman–Crippen LogP) is 4.44. The molecule has 4 heteroatoms. The smallest absolute Gasteiger partial charge is 0.126 e. The summed E-state index contributed by atoms with van der Waals surface area (Å²) in [5.41, 5.74) is 9.45. The van der Waals surface area contributed by atoms with Crippen LogP contribution in [0.4, 0.5) is 10.1 Å². The van der Waals surface area contributed by atoms with E-state index >= 15 is 0 Å². The van der Waals surface area contributed by atoms with Gasteiger partial charge in [-0.1, -0.05) is 23.7 Å². The van der Waals surface area contributed by atoms with E-state index in [9.17, 15) is 4.39 Å². The van der Waals surface area contributed by atoms with Crippen LogP contribution in [0.15, 0.2) is 36.4 Å². The first-order valence-corrected chi connectivity index (χ1v) is 7.27. The molecule has 112 valence electrons. The third-order valence-electron chi connectivity index (χ3n) is 3.52. The summed E-state index contributed by atoms with van der Waals surface area (Å²) in [4.78, 5) is 2.07. The summed E-state index contributed by atoms with van der Waals surface area (Å²) in [6, 6.07) is 10.9. The van der Waals surface area contributed by atoms with Gasteiger partial charge in [-0.05, 0) is 54.8 Å². The third kappa shape index (κ3) is 3.74. The van der Waals surface area contributed by atoms with Gasteiger partial charge in [-0.3, -0.25) is 0 Å². The van der Waals surface area contributed by atoms with Crippen LogP contribution in [0.1, 0.15) is 29.7 Å². The van der Waals surface area contributed by atoms with Crippen LogP contribution >= 0.6 is 11.6 Å². The molecule has 0 aliphatic carbocycles. The van der Waals surface area contributed by atoms with Crippen molar-refractivity contribution >= 4 is 17.3 Å². The van der Waals surface area contributed by atoms with Crippen LogP contribution < -0.4 is 10.6 Å². The normalized spacial score (nSPS) is 12.3. The molecule has 0 fully saturated rings. The van der Waals surface area contributed by atoms with Gasteiger partial charge in [-0.25, -0.2) is 4.39 Å². The van der Waals surface area contributed by atoms with Crippen molar-refractivity contribution in [1.82, 2.24) is 0 Å². The maximum atomic E-state index is 13.8. The molecule has 0 spiro atoms. The van der Waals surface area contributed by atoms with E-state index in [2.05, 4.69) is 4.90 Å². The van der Waals surface area contributed by atoms with Crippen molar-refractivity contribution in [1.29, 1.82) is 0 Å². The van der Waals surface area contributed by atoms with Crippen molar-refractivity contribution < 1.29 is 4.39 Å². The Bertz CT molecular complexity index is 641. The molecular formula is C17H20ClFN2. The van der Waals surface area contributed by atoms with Crippen LogP contribution in [0.2, 0.25) is 5.02 Å². The molecule has 0 heterocycles. The molecule has 0 bridgehead atoms. The second-order valence-corrected chi connectivity index (χ2v) is 5.87. The van der Waals surface area contributed by atoms with Gasteiger partial charge in [0.25, 0.3) is 0 Å². The van der Waals surface area contributed by atoms with Crippen molar-refractivity contribution in [3.8, 4) is 0 Å². The Morgan fingerprint density at radius 3 is 2.62 bits per heavy atom. The topological polar surface area (TPSA) is 29.3 Å². The van der Waals surface area contributed by atoms with Gasteiger partial charge in [0.15, 0.2) is 0 Å². The molecule has 2 rings (SSSR count). The van der Waals surface area contributed by atoms with Gasteiger partial charge in [0.05, 0.1) is 0 Å². The second kappa shape index (κ2) is 6.46. The number of halogens is 2. The fourth-order valence-corrected chi connectivity index (χ4v) is 2.58. The van der Waals surface area contributed by atoms with Gasteiger partial charge in [-0.2, -0.15) is 0 Å². The highest BCUT2D eigenvalue weighted by molar-refractivity contribution is 6.30. The summed E-state index contributed by atoms with van der Waals surface area (Å²) in [5, 5.41) is 0.712. The van der Waals surface area contributed by atoms with Crippen LogP contribution in [0, 0.1) is 12.7 Å². The Morgan fingerprint density at radius 1 is 1.29 bits per heavy atom. The van der Waals surface area contributed by atoms with E-state index in [1.54, 1.807) is 6.92 Å². The number of benzene rings is 2. The fraction of sp³-hybridized carbons (Fsp3) is 0.294. The first kappa shape index (κ1) is 15.8. The number of nitrogens with two attached hydrogens (primary N) is 1. The number of aryl methyl sites for hydroxylation is 1. The summed E-state index contributed by atoms with van der Waals surface area (Å²) in [6.45, 7) is 4.31. The molecule has 2 nitrogen and oxygen atoms in total. The van der Waals surface area contributed by atoms with Gasteiger partial charge < -0.3 is 10.6 Å². The average Bonchev–Trinajstić information content (AvgIpc) is 2.41. The monoisotopic (exact) mass is 306 g/mol.